The molecule has 0 spiro atoms. The highest BCUT2D eigenvalue weighted by Crippen LogP contribution is 2.24. The molecule has 1 amide bonds. The van der Waals surface area contributed by atoms with Crippen molar-refractivity contribution in [3.8, 4) is 0 Å². The SMILES string of the molecule is O=C(Nc1ccc(Br)cn1)C(=Cc1cccs1)c1ccc(Br)cc1. The van der Waals surface area contributed by atoms with Gasteiger partial charge in [-0.1, -0.05) is 34.1 Å². The van der Waals surface area contributed by atoms with E-state index in [-0.39, 0.29) is 5.91 Å². The highest BCUT2D eigenvalue weighted by Gasteiger charge is 2.13. The molecule has 24 heavy (non-hydrogen) atoms. The number of aromatic nitrogens is 1. The lowest BCUT2D eigenvalue weighted by atomic mass is 10.0. The van der Waals surface area contributed by atoms with Crippen molar-refractivity contribution in [3.05, 3.63) is 79.5 Å². The molecule has 0 aliphatic rings. The number of benzene rings is 1. The first-order valence-electron chi connectivity index (χ1n) is 7.06. The summed E-state index contributed by atoms with van der Waals surface area (Å²) < 4.78 is 1.83. The molecule has 0 saturated carbocycles. The van der Waals surface area contributed by atoms with Gasteiger partial charge in [-0.25, -0.2) is 4.98 Å². The molecule has 0 atom stereocenters. The predicted molar refractivity (Wildman–Crippen MR) is 107 cm³/mol. The van der Waals surface area contributed by atoms with Gasteiger partial charge in [0.15, 0.2) is 0 Å². The number of carbonyl (C=O) groups excluding carboxylic acids is 1. The smallest absolute Gasteiger partial charge is 0.257 e. The van der Waals surface area contributed by atoms with E-state index in [4.69, 9.17) is 0 Å². The summed E-state index contributed by atoms with van der Waals surface area (Å²) in [5.74, 6) is 0.318. The predicted octanol–water partition coefficient (Wildman–Crippen LogP) is 5.85. The third kappa shape index (κ3) is 4.41. The van der Waals surface area contributed by atoms with Crippen molar-refractivity contribution < 1.29 is 4.79 Å². The lowest BCUT2D eigenvalue weighted by Gasteiger charge is -2.09. The minimum atomic E-state index is -0.194. The fourth-order valence-electron chi connectivity index (χ4n) is 2.06. The van der Waals surface area contributed by atoms with Crippen LogP contribution in [0, 0.1) is 0 Å². The Morgan fingerprint density at radius 2 is 1.79 bits per heavy atom. The molecule has 3 aromatic rings. The van der Waals surface area contributed by atoms with Crippen LogP contribution in [0.2, 0.25) is 0 Å². The maximum atomic E-state index is 12.8. The van der Waals surface area contributed by atoms with Crippen LogP contribution in [0.5, 0.6) is 0 Å². The molecule has 0 unspecified atom stereocenters. The van der Waals surface area contributed by atoms with Crippen molar-refractivity contribution in [3.63, 3.8) is 0 Å². The summed E-state index contributed by atoms with van der Waals surface area (Å²) in [4.78, 5) is 18.0. The molecular weight excluding hydrogens is 452 g/mol. The van der Waals surface area contributed by atoms with Crippen LogP contribution in [0.4, 0.5) is 5.82 Å². The normalized spacial score (nSPS) is 11.3. The number of pyridine rings is 1. The van der Waals surface area contributed by atoms with Crippen molar-refractivity contribution in [1.82, 2.24) is 4.98 Å². The van der Waals surface area contributed by atoms with Crippen LogP contribution < -0.4 is 5.32 Å². The first kappa shape index (κ1) is 17.1. The second-order valence-corrected chi connectivity index (χ2v) is 7.71. The largest absolute Gasteiger partial charge is 0.307 e. The van der Waals surface area contributed by atoms with Gasteiger partial charge in [0.1, 0.15) is 5.82 Å². The van der Waals surface area contributed by atoms with Crippen LogP contribution in [0.1, 0.15) is 10.4 Å². The van der Waals surface area contributed by atoms with Crippen LogP contribution in [0.15, 0.2) is 69.1 Å². The number of halogens is 2. The maximum Gasteiger partial charge on any atom is 0.257 e. The Balaban J connectivity index is 1.93. The van der Waals surface area contributed by atoms with Gasteiger partial charge in [0.25, 0.3) is 5.91 Å². The first-order valence-corrected chi connectivity index (χ1v) is 9.52. The van der Waals surface area contributed by atoms with Crippen LogP contribution in [-0.4, -0.2) is 10.9 Å². The Bertz CT molecular complexity index is 857. The summed E-state index contributed by atoms with van der Waals surface area (Å²) in [7, 11) is 0. The van der Waals surface area contributed by atoms with Crippen LogP contribution in [0.3, 0.4) is 0 Å². The molecule has 0 fully saturated rings. The second-order valence-electron chi connectivity index (χ2n) is 4.90. The van der Waals surface area contributed by atoms with Crippen molar-refractivity contribution in [2.75, 3.05) is 5.32 Å². The number of nitrogens with one attached hydrogen (secondary N) is 1. The molecule has 2 aromatic heterocycles. The van der Waals surface area contributed by atoms with E-state index in [1.54, 1.807) is 23.6 Å². The van der Waals surface area contributed by atoms with E-state index in [1.165, 1.54) is 0 Å². The molecule has 2 heterocycles. The highest BCUT2D eigenvalue weighted by molar-refractivity contribution is 9.10. The molecular formula is C18H12Br2N2OS. The first-order chi connectivity index (χ1) is 11.6. The van der Waals surface area contributed by atoms with Gasteiger partial charge in [-0.2, -0.15) is 0 Å². The van der Waals surface area contributed by atoms with Gasteiger partial charge in [0.2, 0.25) is 0 Å². The number of anilines is 1. The fraction of sp³-hybridized carbons (Fsp3) is 0. The zero-order valence-corrected chi connectivity index (χ0v) is 16.4. The Morgan fingerprint density at radius 1 is 1.04 bits per heavy atom. The van der Waals surface area contributed by atoms with Crippen LogP contribution in [-0.2, 0) is 4.79 Å². The van der Waals surface area contributed by atoms with E-state index in [0.717, 1.165) is 19.4 Å². The lowest BCUT2D eigenvalue weighted by Crippen LogP contribution is -2.14. The zero-order valence-electron chi connectivity index (χ0n) is 12.4. The monoisotopic (exact) mass is 462 g/mol. The van der Waals surface area contributed by atoms with E-state index < -0.39 is 0 Å². The molecule has 0 saturated heterocycles. The van der Waals surface area contributed by atoms with Crippen molar-refractivity contribution in [1.29, 1.82) is 0 Å². The van der Waals surface area contributed by atoms with Crippen molar-refractivity contribution in [2.24, 2.45) is 0 Å². The molecule has 0 aliphatic heterocycles. The van der Waals surface area contributed by atoms with Crippen LogP contribution >= 0.6 is 43.2 Å². The number of thiophene rings is 1. The van der Waals surface area contributed by atoms with E-state index in [9.17, 15) is 4.79 Å². The van der Waals surface area contributed by atoms with E-state index in [1.807, 2.05) is 53.9 Å². The molecule has 0 aliphatic carbocycles. The number of amides is 1. The van der Waals surface area contributed by atoms with Gasteiger partial charge in [0, 0.05) is 25.6 Å². The molecule has 0 radical (unpaired) electrons. The number of nitrogens with zero attached hydrogens (tertiary/aromatic N) is 1. The zero-order chi connectivity index (χ0) is 16.9. The number of carbonyl (C=O) groups is 1. The molecule has 0 bridgehead atoms. The Labute approximate surface area is 160 Å². The highest BCUT2D eigenvalue weighted by atomic mass is 79.9. The van der Waals surface area contributed by atoms with E-state index in [0.29, 0.717) is 11.4 Å². The van der Waals surface area contributed by atoms with E-state index >= 15 is 0 Å². The number of hydrogen-bond acceptors (Lipinski definition) is 3. The van der Waals surface area contributed by atoms with Crippen LogP contribution in [0.25, 0.3) is 11.6 Å². The lowest BCUT2D eigenvalue weighted by molar-refractivity contribution is -0.111. The molecule has 3 nitrogen and oxygen atoms in total. The topological polar surface area (TPSA) is 42.0 Å². The summed E-state index contributed by atoms with van der Waals surface area (Å²) in [5.41, 5.74) is 1.44. The average Bonchev–Trinajstić information content (AvgIpc) is 3.09. The summed E-state index contributed by atoms with van der Waals surface area (Å²) >= 11 is 8.34. The second kappa shape index (κ2) is 7.88. The third-order valence-electron chi connectivity index (χ3n) is 3.20. The molecule has 3 rings (SSSR count). The van der Waals surface area contributed by atoms with E-state index in [2.05, 4.69) is 42.2 Å². The van der Waals surface area contributed by atoms with Crippen molar-refractivity contribution in [2.45, 2.75) is 0 Å². The van der Waals surface area contributed by atoms with Gasteiger partial charge in [-0.3, -0.25) is 4.79 Å². The summed E-state index contributed by atoms with van der Waals surface area (Å²) in [6.45, 7) is 0. The Kier molecular flexibility index (Phi) is 5.60. The molecule has 1 N–H and O–H groups in total. The van der Waals surface area contributed by atoms with Gasteiger partial charge >= 0.3 is 0 Å². The average molecular weight is 464 g/mol. The quantitative estimate of drug-likeness (QED) is 0.493. The van der Waals surface area contributed by atoms with Gasteiger partial charge in [0.05, 0.1) is 0 Å². The summed E-state index contributed by atoms with van der Waals surface area (Å²) in [5, 5.41) is 4.83. The fourth-order valence-corrected chi connectivity index (χ4v) is 3.21. The Morgan fingerprint density at radius 3 is 2.42 bits per heavy atom. The van der Waals surface area contributed by atoms with Gasteiger partial charge in [-0.15, -0.1) is 11.3 Å². The molecule has 1 aromatic carbocycles. The standard InChI is InChI=1S/C18H12Br2N2OS/c19-13-5-3-12(4-6-13)16(10-15-2-1-9-24-15)18(23)22-17-8-7-14(20)11-21-17/h1-11H,(H,21,22,23). The summed E-state index contributed by atoms with van der Waals surface area (Å²) in [6.07, 6.45) is 3.54. The maximum absolute atomic E-state index is 12.8. The summed E-state index contributed by atoms with van der Waals surface area (Å²) in [6, 6.07) is 15.2. The minimum absolute atomic E-state index is 0.194. The minimum Gasteiger partial charge on any atom is -0.307 e. The number of rotatable bonds is 4. The molecule has 120 valence electrons. The van der Waals surface area contributed by atoms with Gasteiger partial charge < -0.3 is 5.32 Å². The molecule has 6 heteroatoms. The third-order valence-corrected chi connectivity index (χ3v) is 5.02. The Hall–Kier alpha value is -1.76. The number of hydrogen-bond donors (Lipinski definition) is 1. The van der Waals surface area contributed by atoms with Gasteiger partial charge in [-0.05, 0) is 63.3 Å². The van der Waals surface area contributed by atoms with Crippen molar-refractivity contribution >= 4 is 66.6 Å².